The number of carbonyl (C=O) groups is 1. The Morgan fingerprint density at radius 2 is 1.62 bits per heavy atom. The van der Waals surface area contributed by atoms with E-state index in [1.54, 1.807) is 11.4 Å². The summed E-state index contributed by atoms with van der Waals surface area (Å²) in [5.41, 5.74) is 0.323. The molecule has 0 aromatic rings. The summed E-state index contributed by atoms with van der Waals surface area (Å²) in [6.07, 6.45) is 2.08. The van der Waals surface area contributed by atoms with E-state index in [-0.39, 0.29) is 5.41 Å². The van der Waals surface area contributed by atoms with Gasteiger partial charge in [-0.25, -0.2) is 0 Å². The zero-order chi connectivity index (χ0) is 10.9. The highest BCUT2D eigenvalue weighted by Gasteiger charge is 2.37. The lowest BCUT2D eigenvalue weighted by molar-refractivity contribution is -0.117. The molecule has 0 aliphatic rings. The quantitative estimate of drug-likeness (QED) is 0.541. The van der Waals surface area contributed by atoms with Crippen molar-refractivity contribution in [2.24, 2.45) is 5.41 Å². The summed E-state index contributed by atoms with van der Waals surface area (Å²) >= 11 is 1.79. The van der Waals surface area contributed by atoms with E-state index in [0.29, 0.717) is 5.52 Å². The van der Waals surface area contributed by atoms with Crippen molar-refractivity contribution in [1.29, 1.82) is 0 Å². The van der Waals surface area contributed by atoms with Crippen molar-refractivity contribution in [2.45, 2.75) is 40.4 Å². The predicted molar refractivity (Wildman–Crippen MR) is 68.2 cm³/mol. The van der Waals surface area contributed by atoms with E-state index < -0.39 is 14.4 Å². The van der Waals surface area contributed by atoms with E-state index in [1.165, 1.54) is 0 Å². The third kappa shape index (κ3) is 4.14. The third-order valence-corrected chi connectivity index (χ3v) is 16.7. The van der Waals surface area contributed by atoms with Crippen molar-refractivity contribution >= 4 is 31.3 Å². The summed E-state index contributed by atoms with van der Waals surface area (Å²) in [5, 5.41) is 0. The van der Waals surface area contributed by atoms with E-state index in [2.05, 4.69) is 25.9 Å². The SMILES string of the molecule is CSP(C(=O)C(C)(C)C)[Si](C)(C)C. The van der Waals surface area contributed by atoms with Gasteiger partial charge in [-0.3, -0.25) is 4.79 Å². The van der Waals surface area contributed by atoms with Crippen molar-refractivity contribution in [3.8, 4) is 0 Å². The minimum Gasteiger partial charge on any atom is -0.294 e. The first kappa shape index (κ1) is 13.7. The maximum absolute atomic E-state index is 12.1. The monoisotopic (exact) mass is 236 g/mol. The molecule has 0 heterocycles. The highest BCUT2D eigenvalue weighted by molar-refractivity contribution is 8.69. The second-order valence-corrected chi connectivity index (χ2v) is 19.4. The molecule has 0 fully saturated rings. The molecule has 0 spiro atoms. The van der Waals surface area contributed by atoms with Gasteiger partial charge in [-0.05, 0) is 6.26 Å². The molecule has 13 heavy (non-hydrogen) atoms. The number of hydrogen-bond acceptors (Lipinski definition) is 2. The molecule has 0 rings (SSSR count). The Morgan fingerprint density at radius 1 is 1.23 bits per heavy atom. The first-order chi connectivity index (χ1) is 5.60. The van der Waals surface area contributed by atoms with E-state index in [4.69, 9.17) is 0 Å². The van der Waals surface area contributed by atoms with Gasteiger partial charge in [0.2, 0.25) is 0 Å². The maximum atomic E-state index is 12.1. The van der Waals surface area contributed by atoms with Gasteiger partial charge in [-0.1, -0.05) is 40.4 Å². The Labute approximate surface area is 88.4 Å². The van der Waals surface area contributed by atoms with Gasteiger partial charge in [0.1, 0.15) is 0 Å². The van der Waals surface area contributed by atoms with Crippen LogP contribution < -0.4 is 0 Å². The average molecular weight is 236 g/mol. The fourth-order valence-electron chi connectivity index (χ4n) is 0.966. The van der Waals surface area contributed by atoms with Crippen LogP contribution in [0.4, 0.5) is 0 Å². The number of carbonyl (C=O) groups excluding carboxylic acids is 1. The largest absolute Gasteiger partial charge is 0.294 e. The van der Waals surface area contributed by atoms with Crippen LogP contribution in [0.25, 0.3) is 0 Å². The van der Waals surface area contributed by atoms with Crippen LogP contribution in [0, 0.1) is 5.41 Å². The minimum atomic E-state index is -1.28. The maximum Gasteiger partial charge on any atom is 0.165 e. The first-order valence-corrected chi connectivity index (χ1v) is 12.0. The predicted octanol–water partition coefficient (Wildman–Crippen LogP) is 4.15. The molecular weight excluding hydrogens is 215 g/mol. The van der Waals surface area contributed by atoms with Crippen molar-refractivity contribution < 1.29 is 4.79 Å². The van der Waals surface area contributed by atoms with Crippen LogP contribution in [-0.2, 0) is 4.79 Å². The third-order valence-electron chi connectivity index (χ3n) is 1.62. The van der Waals surface area contributed by atoms with Crippen molar-refractivity contribution in [1.82, 2.24) is 0 Å². The van der Waals surface area contributed by atoms with Crippen LogP contribution in [-0.4, -0.2) is 19.5 Å². The Bertz CT molecular complexity index is 193. The summed E-state index contributed by atoms with van der Waals surface area (Å²) in [6, 6.07) is 0. The van der Waals surface area contributed by atoms with Gasteiger partial charge >= 0.3 is 0 Å². The molecule has 0 bridgehead atoms. The van der Waals surface area contributed by atoms with Crippen LogP contribution in [0.5, 0.6) is 0 Å². The summed E-state index contributed by atoms with van der Waals surface area (Å²) in [7, 11) is -1.28. The highest BCUT2D eigenvalue weighted by Crippen LogP contribution is 2.60. The normalized spacial score (nSPS) is 15.6. The highest BCUT2D eigenvalue weighted by atomic mass is 32.8. The van der Waals surface area contributed by atoms with Crippen LogP contribution >= 0.6 is 18.1 Å². The van der Waals surface area contributed by atoms with E-state index >= 15 is 0 Å². The molecule has 0 N–H and O–H groups in total. The molecule has 4 heteroatoms. The molecule has 0 aromatic heterocycles. The van der Waals surface area contributed by atoms with Gasteiger partial charge in [0.25, 0.3) is 0 Å². The van der Waals surface area contributed by atoms with Crippen LogP contribution in [0.15, 0.2) is 0 Å². The standard InChI is InChI=1S/C9H21OPSSi/c1-9(2,3)8(10)11(12-4)13(5,6)7/h1-7H3. The fraction of sp³-hybridized carbons (Fsp3) is 0.889. The number of rotatable bonds is 3. The van der Waals surface area contributed by atoms with Gasteiger partial charge in [0, 0.05) is 12.1 Å². The van der Waals surface area contributed by atoms with Gasteiger partial charge in [-0.15, -0.1) is 11.4 Å². The summed E-state index contributed by atoms with van der Waals surface area (Å²) in [5.74, 6) is 0. The molecule has 0 amide bonds. The fourth-order valence-corrected chi connectivity index (χ4v) is 13.6. The molecule has 1 nitrogen and oxygen atoms in total. The Morgan fingerprint density at radius 3 is 1.69 bits per heavy atom. The molecule has 0 saturated carbocycles. The topological polar surface area (TPSA) is 17.1 Å². The summed E-state index contributed by atoms with van der Waals surface area (Å²) in [4.78, 5) is 12.1. The van der Waals surface area contributed by atoms with Crippen molar-refractivity contribution in [2.75, 3.05) is 6.26 Å². The molecule has 1 unspecified atom stereocenters. The van der Waals surface area contributed by atoms with Gasteiger partial charge in [0.15, 0.2) is 5.52 Å². The Hall–Kier alpha value is 0.667. The van der Waals surface area contributed by atoms with E-state index in [9.17, 15) is 4.79 Å². The minimum absolute atomic E-state index is 0.158. The molecule has 0 aromatic carbocycles. The average Bonchev–Trinajstić information content (AvgIpc) is 1.83. The van der Waals surface area contributed by atoms with Crippen LogP contribution in [0.1, 0.15) is 20.8 Å². The lowest BCUT2D eigenvalue weighted by Crippen LogP contribution is -2.27. The second-order valence-electron chi connectivity index (χ2n) is 5.20. The first-order valence-electron chi connectivity index (χ1n) is 4.49. The lowest BCUT2D eigenvalue weighted by atomic mass is 10.00. The van der Waals surface area contributed by atoms with Crippen molar-refractivity contribution in [3.05, 3.63) is 0 Å². The molecule has 0 aliphatic carbocycles. The van der Waals surface area contributed by atoms with Gasteiger partial charge < -0.3 is 0 Å². The smallest absolute Gasteiger partial charge is 0.165 e. The molecule has 0 saturated heterocycles. The zero-order valence-corrected chi connectivity index (χ0v) is 12.5. The van der Waals surface area contributed by atoms with Crippen molar-refractivity contribution in [3.63, 3.8) is 0 Å². The number of hydrogen-bond donors (Lipinski definition) is 0. The van der Waals surface area contributed by atoms with Crippen LogP contribution in [0.3, 0.4) is 0 Å². The molecule has 0 radical (unpaired) electrons. The molecular formula is C9H21OPSSi. The van der Waals surface area contributed by atoms with E-state index in [0.717, 1.165) is 0 Å². The molecule has 78 valence electrons. The summed E-state index contributed by atoms with van der Waals surface area (Å²) < 4.78 is 0. The Kier molecular flexibility index (Phi) is 4.69. The lowest BCUT2D eigenvalue weighted by Gasteiger charge is -2.31. The van der Waals surface area contributed by atoms with E-state index in [1.807, 2.05) is 20.8 Å². The van der Waals surface area contributed by atoms with Crippen LogP contribution in [0.2, 0.25) is 19.6 Å². The Balaban J connectivity index is 4.72. The zero-order valence-electron chi connectivity index (χ0n) is 9.76. The summed E-state index contributed by atoms with van der Waals surface area (Å²) in [6.45, 7) is 12.5. The molecule has 0 aliphatic heterocycles. The van der Waals surface area contributed by atoms with Gasteiger partial charge in [0.05, 0.1) is 7.74 Å². The second kappa shape index (κ2) is 4.46. The molecule has 1 atom stereocenters. The van der Waals surface area contributed by atoms with Gasteiger partial charge in [-0.2, -0.15) is 0 Å².